The summed E-state index contributed by atoms with van der Waals surface area (Å²) in [5, 5.41) is 0. The van der Waals surface area contributed by atoms with Crippen LogP contribution in [-0.4, -0.2) is 16.8 Å². The molecule has 1 nitrogen and oxygen atoms in total. The molecule has 0 spiro atoms. The molecule has 0 aromatic heterocycles. The van der Waals surface area contributed by atoms with Gasteiger partial charge in [0.15, 0.2) is 0 Å². The summed E-state index contributed by atoms with van der Waals surface area (Å²) >= 11 is 2.51. The first-order valence-electron chi connectivity index (χ1n) is 2.25. The van der Waals surface area contributed by atoms with Crippen LogP contribution in [0.15, 0.2) is 0 Å². The molecule has 0 N–H and O–H groups in total. The maximum atomic E-state index is 2.51. The molecule has 0 bridgehead atoms. The van der Waals surface area contributed by atoms with E-state index in [1.807, 2.05) is 0 Å². The summed E-state index contributed by atoms with van der Waals surface area (Å²) in [5.74, 6) is 0. The van der Waals surface area contributed by atoms with Crippen molar-refractivity contribution in [1.82, 2.24) is 3.75 Å². The topological polar surface area (TPSA) is 3.24 Å². The van der Waals surface area contributed by atoms with E-state index in [4.69, 9.17) is 0 Å². The summed E-state index contributed by atoms with van der Waals surface area (Å²) in [7, 11) is 0. The van der Waals surface area contributed by atoms with Gasteiger partial charge in [-0.25, -0.2) is 0 Å². The minimum absolute atomic E-state index is 1.14. The van der Waals surface area contributed by atoms with Gasteiger partial charge in [-0.3, -0.25) is 0 Å². The van der Waals surface area contributed by atoms with Crippen molar-refractivity contribution < 1.29 is 17.7 Å². The molecule has 36 valence electrons. The van der Waals surface area contributed by atoms with Gasteiger partial charge < -0.3 is 0 Å². The van der Waals surface area contributed by atoms with Crippen LogP contribution in [0.25, 0.3) is 0 Å². The van der Waals surface area contributed by atoms with E-state index in [1.54, 1.807) is 0 Å². The Hall–Kier alpha value is 0.544. The Morgan fingerprint density at radius 1 is 1.33 bits per heavy atom. The van der Waals surface area contributed by atoms with E-state index in [1.165, 1.54) is 0 Å². The van der Waals surface area contributed by atoms with Crippen molar-refractivity contribution in [1.29, 1.82) is 0 Å². The minimum atomic E-state index is 1.14. The monoisotopic (exact) mass is 123 g/mol. The summed E-state index contributed by atoms with van der Waals surface area (Å²) in [4.78, 5) is 0. The molecular weight excluding hydrogens is 113 g/mol. The van der Waals surface area contributed by atoms with Crippen molar-refractivity contribution in [3.8, 4) is 0 Å². The predicted molar refractivity (Wildman–Crippen MR) is 22.9 cm³/mol. The standard InChI is InChI=1S/C4H10N.V/c1-3-5-4-2;/h3-4H2,1-2H3;/q-1;+1. The molecule has 0 atom stereocenters. The van der Waals surface area contributed by atoms with E-state index < -0.39 is 0 Å². The molecule has 0 aromatic carbocycles. The quantitative estimate of drug-likeness (QED) is 0.524. The van der Waals surface area contributed by atoms with E-state index in [-0.39, 0.29) is 0 Å². The van der Waals surface area contributed by atoms with Gasteiger partial charge >= 0.3 is 48.3 Å². The van der Waals surface area contributed by atoms with Crippen LogP contribution in [0.2, 0.25) is 0 Å². The molecule has 0 unspecified atom stereocenters. The summed E-state index contributed by atoms with van der Waals surface area (Å²) in [6.07, 6.45) is 0. The third kappa shape index (κ3) is 2.76. The molecule has 0 fully saturated rings. The zero-order valence-corrected chi connectivity index (χ0v) is 5.71. The zero-order chi connectivity index (χ0) is 4.99. The molecule has 0 saturated heterocycles. The third-order valence-electron chi connectivity index (χ3n) is 0.730. The van der Waals surface area contributed by atoms with Crippen LogP contribution >= 0.6 is 0 Å². The van der Waals surface area contributed by atoms with Crippen LogP contribution in [0.5, 0.6) is 0 Å². The van der Waals surface area contributed by atoms with E-state index in [0.29, 0.717) is 0 Å². The van der Waals surface area contributed by atoms with Crippen LogP contribution < -0.4 is 0 Å². The summed E-state index contributed by atoms with van der Waals surface area (Å²) in [6.45, 7) is 6.55. The third-order valence-corrected chi connectivity index (χ3v) is 1.61. The van der Waals surface area contributed by atoms with Gasteiger partial charge in [0.25, 0.3) is 0 Å². The van der Waals surface area contributed by atoms with Crippen LogP contribution in [0.4, 0.5) is 0 Å². The fourth-order valence-electron chi connectivity index (χ4n) is 0.224. The molecule has 0 aliphatic carbocycles. The second-order valence-electron chi connectivity index (χ2n) is 1.14. The van der Waals surface area contributed by atoms with E-state index in [2.05, 4.69) is 35.3 Å². The van der Waals surface area contributed by atoms with Crippen LogP contribution in [0, 0.1) is 0 Å². The first-order chi connectivity index (χ1) is 2.81. The molecule has 0 radical (unpaired) electrons. The molecule has 0 heterocycles. The first kappa shape index (κ1) is 6.54. The normalized spacial score (nSPS) is 9.83. The van der Waals surface area contributed by atoms with Crippen LogP contribution in [0.1, 0.15) is 13.8 Å². The van der Waals surface area contributed by atoms with Crippen molar-refractivity contribution in [3.05, 3.63) is 0 Å². The Balaban J connectivity index is 2.75. The second-order valence-corrected chi connectivity index (χ2v) is 2.02. The van der Waals surface area contributed by atoms with Gasteiger partial charge in [0.05, 0.1) is 0 Å². The van der Waals surface area contributed by atoms with E-state index in [9.17, 15) is 0 Å². The Kier molecular flexibility index (Phi) is 4.06. The Labute approximate surface area is 48.9 Å². The first-order valence-corrected chi connectivity index (χ1v) is 2.87. The van der Waals surface area contributed by atoms with Crippen molar-refractivity contribution in [2.45, 2.75) is 13.8 Å². The molecule has 0 rings (SSSR count). The maximum absolute atomic E-state index is 2.51. The van der Waals surface area contributed by atoms with Crippen molar-refractivity contribution in [3.63, 3.8) is 0 Å². The van der Waals surface area contributed by atoms with E-state index >= 15 is 0 Å². The van der Waals surface area contributed by atoms with Gasteiger partial charge in [0.2, 0.25) is 0 Å². The number of nitrogens with zero attached hydrogens (tertiary/aromatic N) is 1. The molecule has 0 saturated carbocycles. The molecule has 2 heteroatoms. The van der Waals surface area contributed by atoms with Gasteiger partial charge in [-0.1, -0.05) is 0 Å². The average Bonchev–Trinajstić information content (AvgIpc) is 1.65. The van der Waals surface area contributed by atoms with Crippen molar-refractivity contribution in [2.75, 3.05) is 13.1 Å². The van der Waals surface area contributed by atoms with Gasteiger partial charge in [-0.2, -0.15) is 0 Å². The molecule has 0 amide bonds. The molecular formula is C4H10NV. The Morgan fingerprint density at radius 2 is 1.67 bits per heavy atom. The fourth-order valence-corrected chi connectivity index (χ4v) is 0.224. The number of rotatable bonds is 2. The SMILES string of the molecule is CC[N]([V])CC. The van der Waals surface area contributed by atoms with Crippen molar-refractivity contribution in [2.24, 2.45) is 0 Å². The number of hydrogen-bond donors (Lipinski definition) is 0. The summed E-state index contributed by atoms with van der Waals surface area (Å²) < 4.78 is 2.19. The van der Waals surface area contributed by atoms with E-state index in [0.717, 1.165) is 13.1 Å². The summed E-state index contributed by atoms with van der Waals surface area (Å²) in [5.41, 5.74) is 0. The molecule has 0 aromatic rings. The van der Waals surface area contributed by atoms with Crippen LogP contribution in [0.3, 0.4) is 0 Å². The molecule has 6 heavy (non-hydrogen) atoms. The van der Waals surface area contributed by atoms with Crippen LogP contribution in [-0.2, 0) is 17.7 Å². The molecule has 0 aliphatic heterocycles. The second kappa shape index (κ2) is 3.72. The molecule has 0 aliphatic rings. The van der Waals surface area contributed by atoms with Gasteiger partial charge in [0, 0.05) is 0 Å². The summed E-state index contributed by atoms with van der Waals surface area (Å²) in [6, 6.07) is 0. The predicted octanol–water partition coefficient (Wildman–Crippen LogP) is 0.790. The van der Waals surface area contributed by atoms with Gasteiger partial charge in [-0.05, 0) is 0 Å². The van der Waals surface area contributed by atoms with Gasteiger partial charge in [-0.15, -0.1) is 0 Å². The fraction of sp³-hybridized carbons (Fsp3) is 1.00. The zero-order valence-electron chi connectivity index (χ0n) is 4.31. The number of hydrogen-bond acceptors (Lipinski definition) is 1. The Bertz CT molecular complexity index is 26.7. The van der Waals surface area contributed by atoms with Gasteiger partial charge in [0.1, 0.15) is 0 Å². The average molecular weight is 123 g/mol. The van der Waals surface area contributed by atoms with Crippen molar-refractivity contribution >= 4 is 0 Å². The Morgan fingerprint density at radius 3 is 1.67 bits per heavy atom.